The Balaban J connectivity index is 2.73. The van der Waals surface area contributed by atoms with Crippen molar-refractivity contribution in [3.8, 4) is 5.75 Å². The van der Waals surface area contributed by atoms with Gasteiger partial charge >= 0.3 is 5.97 Å². The molecule has 0 aliphatic rings. The Labute approximate surface area is 117 Å². The third-order valence-electron chi connectivity index (χ3n) is 2.20. The first-order valence-corrected chi connectivity index (χ1v) is 7.61. The molecule has 112 valence electrons. The van der Waals surface area contributed by atoms with Crippen LogP contribution in [0.25, 0.3) is 0 Å². The standard InChI is InChI=1S/C12H17NO6S/c1-2-18-7-8-20(16,17)13-10-5-3-4-6-11(10)19-9-12(14)15/h3-6,13H,2,7-9H2,1H3,(H,14,15). The van der Waals surface area contributed by atoms with Crippen molar-refractivity contribution in [2.45, 2.75) is 6.92 Å². The average Bonchev–Trinajstić information content (AvgIpc) is 2.37. The molecule has 20 heavy (non-hydrogen) atoms. The first-order valence-electron chi connectivity index (χ1n) is 5.96. The van der Waals surface area contributed by atoms with Crippen LogP contribution < -0.4 is 9.46 Å². The molecule has 0 fully saturated rings. The minimum atomic E-state index is -3.57. The summed E-state index contributed by atoms with van der Waals surface area (Å²) in [6.07, 6.45) is 0. The summed E-state index contributed by atoms with van der Waals surface area (Å²) in [5.74, 6) is -1.16. The molecule has 0 saturated carbocycles. The van der Waals surface area contributed by atoms with Crippen LogP contribution in [0, 0.1) is 0 Å². The summed E-state index contributed by atoms with van der Waals surface area (Å²) in [6, 6.07) is 6.22. The number of anilines is 1. The van der Waals surface area contributed by atoms with Gasteiger partial charge in [0.2, 0.25) is 10.0 Å². The van der Waals surface area contributed by atoms with Crippen LogP contribution in [0.3, 0.4) is 0 Å². The Morgan fingerprint density at radius 3 is 2.70 bits per heavy atom. The maximum Gasteiger partial charge on any atom is 0.341 e. The molecule has 1 aromatic carbocycles. The van der Waals surface area contributed by atoms with Crippen molar-refractivity contribution in [1.82, 2.24) is 0 Å². The van der Waals surface area contributed by atoms with E-state index in [4.69, 9.17) is 14.6 Å². The van der Waals surface area contributed by atoms with Crippen LogP contribution in [0.15, 0.2) is 24.3 Å². The smallest absolute Gasteiger partial charge is 0.341 e. The molecule has 0 unspecified atom stereocenters. The summed E-state index contributed by atoms with van der Waals surface area (Å²) in [5, 5.41) is 8.56. The minimum absolute atomic E-state index is 0.0873. The molecule has 0 saturated heterocycles. The number of para-hydroxylation sites is 2. The van der Waals surface area contributed by atoms with Gasteiger partial charge in [0.05, 0.1) is 18.0 Å². The van der Waals surface area contributed by atoms with Crippen LogP contribution in [-0.4, -0.2) is 45.1 Å². The fourth-order valence-electron chi connectivity index (χ4n) is 1.35. The summed E-state index contributed by atoms with van der Waals surface area (Å²) < 4.78 is 35.9. The quantitative estimate of drug-likeness (QED) is 0.658. The molecule has 0 atom stereocenters. The maximum absolute atomic E-state index is 11.8. The third-order valence-corrected chi connectivity index (χ3v) is 3.44. The number of carbonyl (C=O) groups is 1. The number of carboxylic acids is 1. The molecule has 0 aliphatic heterocycles. The Morgan fingerprint density at radius 1 is 1.35 bits per heavy atom. The molecule has 0 amide bonds. The van der Waals surface area contributed by atoms with Crippen LogP contribution in [0.4, 0.5) is 5.69 Å². The molecular weight excluding hydrogens is 286 g/mol. The van der Waals surface area contributed by atoms with E-state index in [0.717, 1.165) is 0 Å². The van der Waals surface area contributed by atoms with Gasteiger partial charge in [0.1, 0.15) is 5.75 Å². The van der Waals surface area contributed by atoms with Gasteiger partial charge < -0.3 is 14.6 Å². The fourth-order valence-corrected chi connectivity index (χ4v) is 2.29. The van der Waals surface area contributed by atoms with Crippen molar-refractivity contribution >= 4 is 21.7 Å². The molecule has 1 rings (SSSR count). The number of rotatable bonds is 9. The highest BCUT2D eigenvalue weighted by Crippen LogP contribution is 2.24. The van der Waals surface area contributed by atoms with Crippen molar-refractivity contribution < 1.29 is 27.8 Å². The lowest BCUT2D eigenvalue weighted by Gasteiger charge is -2.12. The van der Waals surface area contributed by atoms with Gasteiger partial charge in [-0.2, -0.15) is 0 Å². The molecule has 8 heteroatoms. The number of hydrogen-bond acceptors (Lipinski definition) is 5. The first-order chi connectivity index (χ1) is 9.44. The number of aliphatic carboxylic acids is 1. The van der Waals surface area contributed by atoms with Crippen LogP contribution in [-0.2, 0) is 19.6 Å². The SMILES string of the molecule is CCOCCS(=O)(=O)Nc1ccccc1OCC(=O)O. The lowest BCUT2D eigenvalue weighted by atomic mass is 10.3. The first kappa shape index (κ1) is 16.3. The largest absolute Gasteiger partial charge is 0.480 e. The normalized spacial score (nSPS) is 11.1. The molecule has 0 heterocycles. The molecule has 2 N–H and O–H groups in total. The number of hydrogen-bond donors (Lipinski definition) is 2. The topological polar surface area (TPSA) is 102 Å². The predicted octanol–water partition coefficient (Wildman–Crippen LogP) is 0.928. The number of ether oxygens (including phenoxy) is 2. The number of carboxylic acid groups (broad SMARTS) is 1. The molecule has 1 aromatic rings. The minimum Gasteiger partial charge on any atom is -0.480 e. The van der Waals surface area contributed by atoms with E-state index in [0.29, 0.717) is 6.61 Å². The van der Waals surface area contributed by atoms with E-state index in [-0.39, 0.29) is 23.8 Å². The van der Waals surface area contributed by atoms with E-state index < -0.39 is 22.6 Å². The van der Waals surface area contributed by atoms with E-state index in [1.54, 1.807) is 19.1 Å². The summed E-state index contributed by atoms with van der Waals surface area (Å²) in [6.45, 7) is 1.75. The Hall–Kier alpha value is -1.80. The lowest BCUT2D eigenvalue weighted by molar-refractivity contribution is -0.139. The van der Waals surface area contributed by atoms with Crippen LogP contribution in [0.5, 0.6) is 5.75 Å². The van der Waals surface area contributed by atoms with E-state index in [2.05, 4.69) is 4.72 Å². The number of benzene rings is 1. The van der Waals surface area contributed by atoms with Crippen LogP contribution in [0.2, 0.25) is 0 Å². The zero-order chi connectivity index (χ0) is 15.0. The number of sulfonamides is 1. The average molecular weight is 303 g/mol. The second kappa shape index (κ2) is 7.71. The van der Waals surface area contributed by atoms with Gasteiger partial charge in [-0.1, -0.05) is 12.1 Å². The van der Waals surface area contributed by atoms with Crippen LogP contribution >= 0.6 is 0 Å². The summed E-state index contributed by atoms with van der Waals surface area (Å²) in [7, 11) is -3.57. The second-order valence-corrected chi connectivity index (χ2v) is 5.64. The van der Waals surface area contributed by atoms with E-state index >= 15 is 0 Å². The van der Waals surface area contributed by atoms with E-state index in [1.807, 2.05) is 0 Å². The second-order valence-electron chi connectivity index (χ2n) is 3.80. The highest BCUT2D eigenvalue weighted by atomic mass is 32.2. The van der Waals surface area contributed by atoms with Crippen LogP contribution in [0.1, 0.15) is 6.92 Å². The Bertz CT molecular complexity index is 543. The molecule has 0 aromatic heterocycles. The number of nitrogens with one attached hydrogen (secondary N) is 1. The third kappa shape index (κ3) is 5.89. The molecule has 0 aliphatic carbocycles. The van der Waals surface area contributed by atoms with Crippen molar-refractivity contribution in [3.05, 3.63) is 24.3 Å². The van der Waals surface area contributed by atoms with Crippen molar-refractivity contribution in [2.75, 3.05) is 30.3 Å². The molecule has 7 nitrogen and oxygen atoms in total. The zero-order valence-corrected chi connectivity index (χ0v) is 11.9. The Kier molecular flexibility index (Phi) is 6.26. The van der Waals surface area contributed by atoms with Gasteiger partial charge in [0.25, 0.3) is 0 Å². The highest BCUT2D eigenvalue weighted by Gasteiger charge is 2.13. The fraction of sp³-hybridized carbons (Fsp3) is 0.417. The molecule has 0 bridgehead atoms. The van der Waals surface area contributed by atoms with Gasteiger partial charge in [-0.15, -0.1) is 0 Å². The van der Waals surface area contributed by atoms with Gasteiger partial charge in [-0.25, -0.2) is 13.2 Å². The van der Waals surface area contributed by atoms with Gasteiger partial charge in [0, 0.05) is 6.61 Å². The lowest BCUT2D eigenvalue weighted by Crippen LogP contribution is -2.21. The molecular formula is C12H17NO6S. The monoisotopic (exact) mass is 303 g/mol. The van der Waals surface area contributed by atoms with Gasteiger partial charge in [-0.3, -0.25) is 4.72 Å². The van der Waals surface area contributed by atoms with E-state index in [1.165, 1.54) is 12.1 Å². The van der Waals surface area contributed by atoms with Gasteiger partial charge in [-0.05, 0) is 19.1 Å². The summed E-state index contributed by atoms with van der Waals surface area (Å²) in [5.41, 5.74) is 0.199. The van der Waals surface area contributed by atoms with Crippen molar-refractivity contribution in [3.63, 3.8) is 0 Å². The Morgan fingerprint density at radius 2 is 2.05 bits per heavy atom. The predicted molar refractivity (Wildman–Crippen MR) is 73.5 cm³/mol. The maximum atomic E-state index is 11.8. The zero-order valence-electron chi connectivity index (χ0n) is 11.0. The van der Waals surface area contributed by atoms with Crippen molar-refractivity contribution in [2.24, 2.45) is 0 Å². The summed E-state index contributed by atoms with van der Waals surface area (Å²) >= 11 is 0. The summed E-state index contributed by atoms with van der Waals surface area (Å²) in [4.78, 5) is 10.5. The highest BCUT2D eigenvalue weighted by molar-refractivity contribution is 7.92. The van der Waals surface area contributed by atoms with Crippen molar-refractivity contribution in [1.29, 1.82) is 0 Å². The molecule has 0 spiro atoms. The van der Waals surface area contributed by atoms with E-state index in [9.17, 15) is 13.2 Å². The van der Waals surface area contributed by atoms with Gasteiger partial charge in [0.15, 0.2) is 6.61 Å². The molecule has 0 radical (unpaired) electrons.